The van der Waals surface area contributed by atoms with Crippen molar-refractivity contribution in [1.82, 2.24) is 14.2 Å². The van der Waals surface area contributed by atoms with Crippen molar-refractivity contribution in [1.29, 1.82) is 0 Å². The molecule has 8 nitrogen and oxygen atoms in total. The Morgan fingerprint density at radius 2 is 1.92 bits per heavy atom. The summed E-state index contributed by atoms with van der Waals surface area (Å²) in [5.74, 6) is 0.102. The highest BCUT2D eigenvalue weighted by Gasteiger charge is 2.39. The average molecular weight is 559 g/mol. The van der Waals surface area contributed by atoms with Crippen molar-refractivity contribution in [2.24, 2.45) is 5.92 Å². The molecule has 2 aliphatic heterocycles. The maximum atomic E-state index is 13.6. The summed E-state index contributed by atoms with van der Waals surface area (Å²) in [6, 6.07) is 9.51. The quantitative estimate of drug-likeness (QED) is 0.477. The van der Waals surface area contributed by atoms with Gasteiger partial charge in [0.25, 0.3) is 0 Å². The van der Waals surface area contributed by atoms with Crippen LogP contribution in [0, 0.1) is 11.7 Å². The number of sulfone groups is 1. The minimum Gasteiger partial charge on any atom is -0.360 e. The van der Waals surface area contributed by atoms with Gasteiger partial charge in [0.05, 0.1) is 10.6 Å². The molecule has 1 aliphatic carbocycles. The Balaban J connectivity index is 1.21. The lowest BCUT2D eigenvalue weighted by molar-refractivity contribution is 0.308. The molecule has 0 amide bonds. The third kappa shape index (κ3) is 4.88. The van der Waals surface area contributed by atoms with E-state index in [0.29, 0.717) is 31.2 Å². The summed E-state index contributed by atoms with van der Waals surface area (Å²) in [6.45, 7) is 2.95. The van der Waals surface area contributed by atoms with E-state index in [1.165, 1.54) is 38.6 Å². The predicted molar refractivity (Wildman–Crippen MR) is 146 cm³/mol. The normalized spacial score (nSPS) is 20.5. The summed E-state index contributed by atoms with van der Waals surface area (Å²) in [7, 11) is -7.12. The van der Waals surface area contributed by atoms with Crippen LogP contribution < -0.4 is 4.31 Å². The van der Waals surface area contributed by atoms with Gasteiger partial charge in [0.2, 0.25) is 0 Å². The van der Waals surface area contributed by atoms with Crippen LogP contribution in [0.5, 0.6) is 0 Å². The smallest absolute Gasteiger partial charge is 0.304 e. The van der Waals surface area contributed by atoms with Gasteiger partial charge in [-0.25, -0.2) is 12.8 Å². The number of halogens is 1. The van der Waals surface area contributed by atoms with E-state index in [1.807, 2.05) is 6.20 Å². The first-order valence-corrected chi connectivity index (χ1v) is 16.2. The molecule has 0 bridgehead atoms. The monoisotopic (exact) mass is 558 g/mol. The SMILES string of the molecule is CS(=O)(=O)c1ccc2c(c1)CN(CC1CC1)S(=O)(=O)N2CCN1CC=C(c2c[nH]c3cc(F)ccc23)CC1. The average Bonchev–Trinajstić information content (AvgIpc) is 3.60. The van der Waals surface area contributed by atoms with Crippen LogP contribution in [0.2, 0.25) is 0 Å². The van der Waals surface area contributed by atoms with E-state index in [1.54, 1.807) is 18.2 Å². The van der Waals surface area contributed by atoms with Gasteiger partial charge in [0, 0.05) is 68.2 Å². The second kappa shape index (κ2) is 9.48. The van der Waals surface area contributed by atoms with Crippen molar-refractivity contribution >= 4 is 42.2 Å². The summed E-state index contributed by atoms with van der Waals surface area (Å²) in [6.07, 6.45) is 8.10. The maximum absolute atomic E-state index is 13.6. The van der Waals surface area contributed by atoms with Gasteiger partial charge in [-0.05, 0) is 72.7 Å². The van der Waals surface area contributed by atoms with E-state index < -0.39 is 20.0 Å². The summed E-state index contributed by atoms with van der Waals surface area (Å²) in [5.41, 5.74) is 4.32. The third-order valence-corrected chi connectivity index (χ3v) is 10.7. The number of hydrogen-bond acceptors (Lipinski definition) is 5. The zero-order valence-electron chi connectivity index (χ0n) is 21.2. The molecule has 2 aromatic carbocycles. The molecule has 11 heteroatoms. The standard InChI is InChI=1S/C27H31FN4O4S2/c1-37(33,34)23-5-7-27-21(14-23)18-31(17-19-2-3-19)38(35,36)32(27)13-12-30-10-8-20(9-11-30)25-16-29-26-15-22(28)4-6-24(25)26/h4-8,14-16,19,29H,2-3,9-13,17-18H2,1H3. The van der Waals surface area contributed by atoms with Crippen molar-refractivity contribution in [2.45, 2.75) is 30.7 Å². The number of hydrogen-bond donors (Lipinski definition) is 1. The lowest BCUT2D eigenvalue weighted by Crippen LogP contribution is -2.50. The molecule has 1 saturated carbocycles. The van der Waals surface area contributed by atoms with Crippen molar-refractivity contribution in [2.75, 3.05) is 43.3 Å². The number of aromatic nitrogens is 1. The molecule has 3 aliphatic rings. The number of fused-ring (bicyclic) bond motifs is 2. The number of anilines is 1. The van der Waals surface area contributed by atoms with E-state index in [2.05, 4.69) is 16.0 Å². The molecule has 0 atom stereocenters. The number of nitrogens with one attached hydrogen (secondary N) is 1. The fraction of sp³-hybridized carbons (Fsp3) is 0.407. The summed E-state index contributed by atoms with van der Waals surface area (Å²) in [4.78, 5) is 5.57. The Morgan fingerprint density at radius 3 is 2.63 bits per heavy atom. The van der Waals surface area contributed by atoms with Gasteiger partial charge in [-0.2, -0.15) is 12.7 Å². The van der Waals surface area contributed by atoms with Crippen LogP contribution >= 0.6 is 0 Å². The molecular weight excluding hydrogens is 527 g/mol. The van der Waals surface area contributed by atoms with E-state index in [4.69, 9.17) is 0 Å². The highest BCUT2D eigenvalue weighted by molar-refractivity contribution is 7.91. The molecule has 1 fully saturated rings. The first-order valence-electron chi connectivity index (χ1n) is 12.9. The molecule has 0 spiro atoms. The first kappa shape index (κ1) is 25.5. The lowest BCUT2D eigenvalue weighted by atomic mass is 9.99. The van der Waals surface area contributed by atoms with Gasteiger partial charge < -0.3 is 4.98 Å². The van der Waals surface area contributed by atoms with Crippen molar-refractivity contribution in [3.05, 3.63) is 65.6 Å². The van der Waals surface area contributed by atoms with Gasteiger partial charge in [-0.15, -0.1) is 0 Å². The Hall–Kier alpha value is -2.73. The number of benzene rings is 2. The molecule has 1 aromatic heterocycles. The molecule has 0 unspecified atom stereocenters. The zero-order chi connectivity index (χ0) is 26.7. The van der Waals surface area contributed by atoms with Gasteiger partial charge in [0.1, 0.15) is 5.82 Å². The van der Waals surface area contributed by atoms with Gasteiger partial charge >= 0.3 is 10.2 Å². The highest BCUT2D eigenvalue weighted by atomic mass is 32.2. The van der Waals surface area contributed by atoms with Crippen LogP contribution in [0.15, 0.2) is 53.6 Å². The number of aromatic amines is 1. The van der Waals surface area contributed by atoms with Crippen molar-refractivity contribution in [3.63, 3.8) is 0 Å². The molecular formula is C27H31FN4O4S2. The van der Waals surface area contributed by atoms with Gasteiger partial charge in [-0.1, -0.05) is 6.08 Å². The molecule has 3 heterocycles. The van der Waals surface area contributed by atoms with Crippen LogP contribution in [0.25, 0.3) is 16.5 Å². The van der Waals surface area contributed by atoms with Crippen LogP contribution in [-0.2, 0) is 26.6 Å². The molecule has 3 aromatic rings. The largest absolute Gasteiger partial charge is 0.360 e. The maximum Gasteiger partial charge on any atom is 0.304 e. The van der Waals surface area contributed by atoms with E-state index in [0.717, 1.165) is 47.8 Å². The van der Waals surface area contributed by atoms with E-state index >= 15 is 0 Å². The third-order valence-electron chi connectivity index (χ3n) is 7.76. The Morgan fingerprint density at radius 1 is 1.11 bits per heavy atom. The summed E-state index contributed by atoms with van der Waals surface area (Å²) >= 11 is 0. The summed E-state index contributed by atoms with van der Waals surface area (Å²) < 4.78 is 68.1. The molecule has 0 saturated heterocycles. The topological polar surface area (TPSA) is 93.8 Å². The van der Waals surface area contributed by atoms with Crippen LogP contribution in [-0.4, -0.2) is 70.0 Å². The van der Waals surface area contributed by atoms with Crippen molar-refractivity contribution in [3.8, 4) is 0 Å². The van der Waals surface area contributed by atoms with E-state index in [-0.39, 0.29) is 23.8 Å². The van der Waals surface area contributed by atoms with Gasteiger partial charge in [-0.3, -0.25) is 9.21 Å². The minimum absolute atomic E-state index is 0.193. The molecule has 6 rings (SSSR count). The van der Waals surface area contributed by atoms with E-state index in [9.17, 15) is 21.2 Å². The Bertz CT molecular complexity index is 1640. The second-order valence-corrected chi connectivity index (χ2v) is 14.4. The summed E-state index contributed by atoms with van der Waals surface area (Å²) in [5, 5.41) is 0.992. The number of nitrogens with zero attached hydrogens (tertiary/aromatic N) is 3. The zero-order valence-corrected chi connectivity index (χ0v) is 22.9. The molecule has 1 N–H and O–H groups in total. The highest BCUT2D eigenvalue weighted by Crippen LogP contribution is 2.38. The van der Waals surface area contributed by atoms with Crippen LogP contribution in [0.1, 0.15) is 30.4 Å². The lowest BCUT2D eigenvalue weighted by Gasteiger charge is -2.39. The fourth-order valence-electron chi connectivity index (χ4n) is 5.44. The van der Waals surface area contributed by atoms with Crippen LogP contribution in [0.3, 0.4) is 0 Å². The predicted octanol–water partition coefficient (Wildman–Crippen LogP) is 3.78. The Kier molecular flexibility index (Phi) is 6.37. The van der Waals surface area contributed by atoms with Crippen molar-refractivity contribution < 1.29 is 21.2 Å². The molecule has 38 heavy (non-hydrogen) atoms. The number of rotatable bonds is 7. The molecule has 202 valence electrons. The van der Waals surface area contributed by atoms with Crippen LogP contribution in [0.4, 0.5) is 10.1 Å². The molecule has 0 radical (unpaired) electrons. The van der Waals surface area contributed by atoms with Gasteiger partial charge in [0.15, 0.2) is 9.84 Å². The first-order chi connectivity index (χ1) is 18.1. The number of H-pyrrole nitrogens is 1. The second-order valence-electron chi connectivity index (χ2n) is 10.6. The fourth-order valence-corrected chi connectivity index (χ4v) is 7.83. The Labute approximate surface area is 222 Å². The minimum atomic E-state index is -3.72.